The largest absolute Gasteiger partial charge is 0.494 e. The van der Waals surface area contributed by atoms with Gasteiger partial charge in [0, 0.05) is 54.5 Å². The van der Waals surface area contributed by atoms with E-state index in [4.69, 9.17) is 18.9 Å². The maximum atomic E-state index is 11.6. The summed E-state index contributed by atoms with van der Waals surface area (Å²) < 4.78 is 22.4. The molecule has 0 bridgehead atoms. The predicted octanol–water partition coefficient (Wildman–Crippen LogP) is 3.54. The molecule has 0 aliphatic carbocycles. The Morgan fingerprint density at radius 3 is 2.73 bits per heavy atom. The number of hydrogen-bond acceptors (Lipinski definition) is 6. The number of benzene rings is 1. The molecule has 4 heterocycles. The lowest BCUT2D eigenvalue weighted by atomic mass is 9.74. The molecule has 1 saturated heterocycles. The van der Waals surface area contributed by atoms with Crippen molar-refractivity contribution in [2.45, 2.75) is 38.8 Å². The summed E-state index contributed by atoms with van der Waals surface area (Å²) in [5.74, 6) is 2.32. The van der Waals surface area contributed by atoms with Gasteiger partial charge in [0.1, 0.15) is 12.0 Å². The number of ether oxygens (including phenoxy) is 4. The van der Waals surface area contributed by atoms with Gasteiger partial charge in [-0.25, -0.2) is 0 Å². The Morgan fingerprint density at radius 1 is 1.23 bits per heavy atom. The third kappa shape index (κ3) is 2.95. The first-order valence-electron chi connectivity index (χ1n) is 10.5. The Hall–Kier alpha value is -2.67. The number of carbonyl (C=O) groups is 1. The van der Waals surface area contributed by atoms with E-state index < -0.39 is 0 Å². The minimum Gasteiger partial charge on any atom is -0.494 e. The molecule has 0 saturated carbocycles. The van der Waals surface area contributed by atoms with Crippen molar-refractivity contribution >= 4 is 16.9 Å². The van der Waals surface area contributed by atoms with Crippen LogP contribution < -0.4 is 9.47 Å². The minimum atomic E-state index is -0.297. The summed E-state index contributed by atoms with van der Waals surface area (Å²) in [6.45, 7) is 5.48. The number of esters is 1. The molecule has 30 heavy (non-hydrogen) atoms. The highest BCUT2D eigenvalue weighted by molar-refractivity contribution is 5.88. The average Bonchev–Trinajstić information content (AvgIpc) is 3.11. The molecule has 7 heteroatoms. The molecule has 7 nitrogen and oxygen atoms in total. The summed E-state index contributed by atoms with van der Waals surface area (Å²) in [4.78, 5) is 17.8. The summed E-state index contributed by atoms with van der Waals surface area (Å²) >= 11 is 0. The number of carbonyl (C=O) groups excluding carboxylic acids is 1. The summed E-state index contributed by atoms with van der Waals surface area (Å²) in [6, 6.07) is 4.35. The second-order valence-electron chi connectivity index (χ2n) is 8.49. The van der Waals surface area contributed by atoms with Gasteiger partial charge in [-0.15, -0.1) is 0 Å². The van der Waals surface area contributed by atoms with Gasteiger partial charge in [0.2, 0.25) is 0 Å². The highest BCUT2D eigenvalue weighted by Crippen LogP contribution is 2.48. The SMILES string of the molecule is COc1cc2[nH]c3c(c2cc1OC)CCN1CC2C(C)OC=C(OC(C)=O)C2CC31. The molecule has 1 aromatic carbocycles. The number of aromatic amines is 1. The van der Waals surface area contributed by atoms with Crippen molar-refractivity contribution in [3.8, 4) is 11.5 Å². The number of nitrogens with zero attached hydrogens (tertiary/aromatic N) is 1. The molecule has 4 atom stereocenters. The van der Waals surface area contributed by atoms with Crippen molar-refractivity contribution in [3.05, 3.63) is 35.4 Å². The predicted molar refractivity (Wildman–Crippen MR) is 111 cm³/mol. The number of aromatic nitrogens is 1. The lowest BCUT2D eigenvalue weighted by Gasteiger charge is -2.49. The van der Waals surface area contributed by atoms with Gasteiger partial charge in [-0.1, -0.05) is 0 Å². The summed E-state index contributed by atoms with van der Waals surface area (Å²) in [5, 5.41) is 1.19. The van der Waals surface area contributed by atoms with Crippen LogP contribution in [0.4, 0.5) is 0 Å². The van der Waals surface area contributed by atoms with E-state index in [2.05, 4.69) is 22.9 Å². The van der Waals surface area contributed by atoms with E-state index in [0.717, 1.165) is 42.9 Å². The van der Waals surface area contributed by atoms with Crippen LogP contribution in [0.5, 0.6) is 11.5 Å². The van der Waals surface area contributed by atoms with Crippen LogP contribution in [-0.4, -0.2) is 49.3 Å². The van der Waals surface area contributed by atoms with Crippen LogP contribution in [0.25, 0.3) is 10.9 Å². The zero-order valence-electron chi connectivity index (χ0n) is 17.9. The molecule has 3 aliphatic rings. The van der Waals surface area contributed by atoms with Crippen LogP contribution in [0.2, 0.25) is 0 Å². The van der Waals surface area contributed by atoms with Crippen LogP contribution in [0, 0.1) is 11.8 Å². The number of rotatable bonds is 3. The Labute approximate surface area is 175 Å². The van der Waals surface area contributed by atoms with E-state index in [9.17, 15) is 4.79 Å². The van der Waals surface area contributed by atoms with Gasteiger partial charge < -0.3 is 23.9 Å². The molecule has 1 aromatic heterocycles. The summed E-state index contributed by atoms with van der Waals surface area (Å²) in [5.41, 5.74) is 3.67. The van der Waals surface area contributed by atoms with E-state index in [0.29, 0.717) is 11.7 Å². The van der Waals surface area contributed by atoms with Gasteiger partial charge in [0.15, 0.2) is 11.5 Å². The topological polar surface area (TPSA) is 73.0 Å². The van der Waals surface area contributed by atoms with Crippen molar-refractivity contribution in [1.29, 1.82) is 0 Å². The second kappa shape index (κ2) is 7.23. The van der Waals surface area contributed by atoms with Crippen molar-refractivity contribution in [2.75, 3.05) is 27.3 Å². The molecule has 160 valence electrons. The van der Waals surface area contributed by atoms with E-state index in [1.165, 1.54) is 23.6 Å². The molecule has 3 aliphatic heterocycles. The normalized spacial score (nSPS) is 27.9. The molecule has 5 rings (SSSR count). The Bertz CT molecular complexity index is 1030. The minimum absolute atomic E-state index is 0.105. The molecular weight excluding hydrogens is 384 g/mol. The fraction of sp³-hybridized carbons (Fsp3) is 0.522. The van der Waals surface area contributed by atoms with E-state index in [1.54, 1.807) is 20.5 Å². The van der Waals surface area contributed by atoms with Gasteiger partial charge >= 0.3 is 5.97 Å². The lowest BCUT2D eigenvalue weighted by Crippen LogP contribution is -2.51. The molecule has 0 spiro atoms. The number of nitrogens with one attached hydrogen (secondary N) is 1. The highest BCUT2D eigenvalue weighted by atomic mass is 16.6. The zero-order valence-corrected chi connectivity index (χ0v) is 17.9. The quantitative estimate of drug-likeness (QED) is 0.778. The van der Waals surface area contributed by atoms with Crippen LogP contribution in [0.3, 0.4) is 0 Å². The van der Waals surface area contributed by atoms with Gasteiger partial charge in [0.25, 0.3) is 0 Å². The van der Waals surface area contributed by atoms with Crippen molar-refractivity contribution < 1.29 is 23.7 Å². The van der Waals surface area contributed by atoms with Crippen LogP contribution in [0.1, 0.15) is 37.6 Å². The van der Waals surface area contributed by atoms with Crippen LogP contribution in [0.15, 0.2) is 24.2 Å². The molecule has 1 fully saturated rings. The number of fused-ring (bicyclic) bond motifs is 6. The van der Waals surface area contributed by atoms with Crippen molar-refractivity contribution in [3.63, 3.8) is 0 Å². The van der Waals surface area contributed by atoms with E-state index in [-0.39, 0.29) is 24.0 Å². The number of H-pyrrole nitrogens is 1. The Kier molecular flexibility index (Phi) is 4.65. The Balaban J connectivity index is 1.54. The van der Waals surface area contributed by atoms with Crippen molar-refractivity contribution in [2.24, 2.45) is 11.8 Å². The number of piperidine rings is 1. The molecule has 1 N–H and O–H groups in total. The number of allylic oxidation sites excluding steroid dienone is 1. The molecule has 4 unspecified atom stereocenters. The molecule has 0 radical (unpaired) electrons. The fourth-order valence-electron chi connectivity index (χ4n) is 5.48. The molecular formula is C23H28N2O5. The highest BCUT2D eigenvalue weighted by Gasteiger charge is 2.46. The molecule has 2 aromatic rings. The maximum absolute atomic E-state index is 11.6. The van der Waals surface area contributed by atoms with Gasteiger partial charge in [-0.2, -0.15) is 0 Å². The van der Waals surface area contributed by atoms with E-state index >= 15 is 0 Å². The number of methoxy groups -OCH3 is 2. The summed E-state index contributed by atoms with van der Waals surface area (Å²) in [6.07, 6.45) is 3.63. The van der Waals surface area contributed by atoms with Gasteiger partial charge in [-0.3, -0.25) is 9.69 Å². The van der Waals surface area contributed by atoms with Gasteiger partial charge in [0.05, 0.1) is 26.4 Å². The lowest BCUT2D eigenvalue weighted by molar-refractivity contribution is -0.141. The van der Waals surface area contributed by atoms with E-state index in [1.807, 2.05) is 6.07 Å². The zero-order chi connectivity index (χ0) is 21.0. The maximum Gasteiger partial charge on any atom is 0.307 e. The van der Waals surface area contributed by atoms with Crippen LogP contribution in [-0.2, 0) is 20.7 Å². The first-order valence-corrected chi connectivity index (χ1v) is 10.5. The second-order valence-corrected chi connectivity index (χ2v) is 8.49. The summed E-state index contributed by atoms with van der Waals surface area (Å²) in [7, 11) is 3.33. The monoisotopic (exact) mass is 412 g/mol. The van der Waals surface area contributed by atoms with Crippen molar-refractivity contribution in [1.82, 2.24) is 9.88 Å². The smallest absolute Gasteiger partial charge is 0.307 e. The first-order chi connectivity index (χ1) is 14.5. The third-order valence-electron chi connectivity index (χ3n) is 6.93. The first kappa shape index (κ1) is 19.3. The number of hydrogen-bond donors (Lipinski definition) is 1. The third-order valence-corrected chi connectivity index (χ3v) is 6.93. The fourth-order valence-corrected chi connectivity index (χ4v) is 5.48. The standard InChI is InChI=1S/C23H28N2O5/c1-12-17-10-25-6-5-14-15-8-20(27-3)21(28-4)9-18(15)24-23(14)19(25)7-16(17)22(11-29-12)30-13(2)26/h8-9,11-12,16-17,19,24H,5-7,10H2,1-4H3. The molecule has 0 amide bonds. The van der Waals surface area contributed by atoms with Crippen LogP contribution >= 0.6 is 0 Å². The van der Waals surface area contributed by atoms with Gasteiger partial charge in [-0.05, 0) is 31.4 Å². The average molecular weight is 412 g/mol. The Morgan fingerprint density at radius 2 is 2.00 bits per heavy atom.